The minimum absolute atomic E-state index is 0.203. The fourth-order valence-corrected chi connectivity index (χ4v) is 4.53. The van der Waals surface area contributed by atoms with Crippen molar-refractivity contribution in [3.05, 3.63) is 35.9 Å². The Balaban J connectivity index is 1.26. The van der Waals surface area contributed by atoms with Crippen LogP contribution in [0.3, 0.4) is 0 Å². The molecule has 1 aromatic carbocycles. The third kappa shape index (κ3) is 4.23. The fraction of sp³-hybridized carbons (Fsp3) is 0.700. The second-order valence-electron chi connectivity index (χ2n) is 7.75. The Hall–Kier alpha value is -0.980. The number of rotatable bonds is 5. The van der Waals surface area contributed by atoms with E-state index in [9.17, 15) is 5.11 Å². The minimum Gasteiger partial charge on any atom is -0.392 e. The molecule has 5 heteroatoms. The largest absolute Gasteiger partial charge is 0.392 e. The fourth-order valence-electron chi connectivity index (χ4n) is 4.53. The molecule has 0 aromatic heterocycles. The van der Waals surface area contributed by atoms with Gasteiger partial charge in [-0.2, -0.15) is 0 Å². The maximum absolute atomic E-state index is 10.1. The topological polar surface area (TPSA) is 54.0 Å². The van der Waals surface area contributed by atoms with E-state index in [0.29, 0.717) is 12.1 Å². The van der Waals surface area contributed by atoms with Gasteiger partial charge in [-0.3, -0.25) is 4.90 Å². The van der Waals surface area contributed by atoms with Crippen LogP contribution in [0.15, 0.2) is 30.3 Å². The summed E-state index contributed by atoms with van der Waals surface area (Å²) in [6.45, 7) is 4.12. The third-order valence-electron chi connectivity index (χ3n) is 5.94. The molecule has 1 aromatic rings. The molecule has 1 spiro atoms. The first kappa shape index (κ1) is 17.4. The number of hydrogen-bond acceptors (Lipinski definition) is 5. The molecule has 2 atom stereocenters. The Morgan fingerprint density at radius 1 is 1.12 bits per heavy atom. The highest BCUT2D eigenvalue weighted by Gasteiger charge is 2.40. The molecule has 0 bridgehead atoms. The zero-order chi connectivity index (χ0) is 17.1. The second-order valence-corrected chi connectivity index (χ2v) is 7.75. The lowest BCUT2D eigenvalue weighted by Gasteiger charge is -2.36. The van der Waals surface area contributed by atoms with Gasteiger partial charge in [-0.25, -0.2) is 0 Å². The van der Waals surface area contributed by atoms with E-state index < -0.39 is 0 Å². The molecule has 0 radical (unpaired) electrons. The summed E-state index contributed by atoms with van der Waals surface area (Å²) < 4.78 is 11.6. The van der Waals surface area contributed by atoms with Gasteiger partial charge in [0.15, 0.2) is 5.79 Å². The van der Waals surface area contributed by atoms with Gasteiger partial charge in [-0.15, -0.1) is 0 Å². The van der Waals surface area contributed by atoms with Crippen LogP contribution in [-0.2, 0) is 16.0 Å². The van der Waals surface area contributed by atoms with Crippen molar-refractivity contribution in [2.45, 2.75) is 62.6 Å². The molecule has 2 N–H and O–H groups in total. The molecule has 25 heavy (non-hydrogen) atoms. The second kappa shape index (κ2) is 7.72. The van der Waals surface area contributed by atoms with E-state index in [4.69, 9.17) is 9.47 Å². The van der Waals surface area contributed by atoms with Crippen LogP contribution in [0.25, 0.3) is 0 Å². The summed E-state index contributed by atoms with van der Waals surface area (Å²) in [5, 5.41) is 13.9. The Morgan fingerprint density at radius 3 is 2.56 bits per heavy atom. The number of nitrogens with one attached hydrogen (secondary N) is 1. The first-order chi connectivity index (χ1) is 12.2. The van der Waals surface area contributed by atoms with Gasteiger partial charge in [0.2, 0.25) is 0 Å². The molecule has 1 aliphatic carbocycles. The van der Waals surface area contributed by atoms with E-state index in [0.717, 1.165) is 65.0 Å². The molecule has 1 saturated carbocycles. The first-order valence-corrected chi connectivity index (χ1v) is 9.70. The van der Waals surface area contributed by atoms with Crippen LogP contribution in [0.2, 0.25) is 0 Å². The summed E-state index contributed by atoms with van der Waals surface area (Å²) in [6.07, 6.45) is 4.85. The SMILES string of the molecule is O[C@H]1C[C@H](CNC2CCC3(CC2)OCCO3)N(Cc2ccccc2)C1. The molecule has 3 aliphatic rings. The Morgan fingerprint density at radius 2 is 1.84 bits per heavy atom. The van der Waals surface area contributed by atoms with Crippen LogP contribution < -0.4 is 5.32 Å². The highest BCUT2D eigenvalue weighted by molar-refractivity contribution is 5.15. The van der Waals surface area contributed by atoms with Crippen molar-refractivity contribution in [1.82, 2.24) is 10.2 Å². The molecule has 2 heterocycles. The van der Waals surface area contributed by atoms with Crippen LogP contribution >= 0.6 is 0 Å². The minimum atomic E-state index is -0.277. The number of aliphatic hydroxyl groups is 1. The van der Waals surface area contributed by atoms with E-state index in [1.807, 2.05) is 0 Å². The van der Waals surface area contributed by atoms with Crippen molar-refractivity contribution in [3.63, 3.8) is 0 Å². The van der Waals surface area contributed by atoms with Crippen LogP contribution in [0, 0.1) is 0 Å². The van der Waals surface area contributed by atoms with Gasteiger partial charge in [-0.05, 0) is 24.8 Å². The van der Waals surface area contributed by atoms with Gasteiger partial charge in [0.25, 0.3) is 0 Å². The highest BCUT2D eigenvalue weighted by Crippen LogP contribution is 2.35. The Bertz CT molecular complexity index is 537. The molecule has 0 unspecified atom stereocenters. The third-order valence-corrected chi connectivity index (χ3v) is 5.94. The summed E-state index contributed by atoms with van der Waals surface area (Å²) in [5.41, 5.74) is 1.32. The average Bonchev–Trinajstić information content (AvgIpc) is 3.22. The maximum Gasteiger partial charge on any atom is 0.168 e. The van der Waals surface area contributed by atoms with E-state index in [-0.39, 0.29) is 11.9 Å². The van der Waals surface area contributed by atoms with Crippen molar-refractivity contribution >= 4 is 0 Å². The molecule has 0 amide bonds. The van der Waals surface area contributed by atoms with Crippen molar-refractivity contribution in [3.8, 4) is 0 Å². The molecule has 5 nitrogen and oxygen atoms in total. The van der Waals surface area contributed by atoms with Gasteiger partial charge in [0.1, 0.15) is 0 Å². The molecule has 3 fully saturated rings. The maximum atomic E-state index is 10.1. The first-order valence-electron chi connectivity index (χ1n) is 9.70. The predicted molar refractivity (Wildman–Crippen MR) is 96.2 cm³/mol. The number of hydrogen-bond donors (Lipinski definition) is 2. The van der Waals surface area contributed by atoms with Crippen LogP contribution in [0.5, 0.6) is 0 Å². The summed E-state index contributed by atoms with van der Waals surface area (Å²) in [7, 11) is 0. The standard InChI is InChI=1S/C20H30N2O3/c23-19-12-18(22(15-19)14-16-4-2-1-3-5-16)13-21-17-6-8-20(9-7-17)24-10-11-25-20/h1-5,17-19,21,23H,6-15H2/t18-,19+/m1/s1. The summed E-state index contributed by atoms with van der Waals surface area (Å²) in [6, 6.07) is 11.5. The monoisotopic (exact) mass is 346 g/mol. The Labute approximate surface area is 150 Å². The number of benzene rings is 1. The highest BCUT2D eigenvalue weighted by atomic mass is 16.7. The number of likely N-dealkylation sites (tertiary alicyclic amines) is 1. The normalized spacial score (nSPS) is 30.3. The van der Waals surface area contributed by atoms with Crippen molar-refractivity contribution < 1.29 is 14.6 Å². The molecular formula is C20H30N2O3. The van der Waals surface area contributed by atoms with E-state index in [2.05, 4.69) is 40.5 Å². The van der Waals surface area contributed by atoms with E-state index in [1.54, 1.807) is 0 Å². The molecule has 2 saturated heterocycles. The van der Waals surface area contributed by atoms with Gasteiger partial charge in [0.05, 0.1) is 19.3 Å². The number of nitrogens with zero attached hydrogens (tertiary/aromatic N) is 1. The zero-order valence-electron chi connectivity index (χ0n) is 14.9. The van der Waals surface area contributed by atoms with Gasteiger partial charge in [-0.1, -0.05) is 30.3 Å². The quantitative estimate of drug-likeness (QED) is 0.853. The van der Waals surface area contributed by atoms with Crippen LogP contribution in [0.1, 0.15) is 37.7 Å². The van der Waals surface area contributed by atoms with Crippen molar-refractivity contribution in [1.29, 1.82) is 0 Å². The van der Waals surface area contributed by atoms with Crippen molar-refractivity contribution in [2.24, 2.45) is 0 Å². The number of aliphatic hydroxyl groups excluding tert-OH is 1. The van der Waals surface area contributed by atoms with Crippen molar-refractivity contribution in [2.75, 3.05) is 26.3 Å². The Kier molecular flexibility index (Phi) is 5.39. The van der Waals surface area contributed by atoms with Gasteiger partial charge >= 0.3 is 0 Å². The van der Waals surface area contributed by atoms with Gasteiger partial charge < -0.3 is 19.9 Å². The lowest BCUT2D eigenvalue weighted by atomic mass is 9.90. The molecule has 2 aliphatic heterocycles. The number of β-amino-alcohol motifs (C(OH)–C–C–N with tert-alkyl or cyclic N) is 1. The van der Waals surface area contributed by atoms with Crippen LogP contribution in [0.4, 0.5) is 0 Å². The van der Waals surface area contributed by atoms with E-state index >= 15 is 0 Å². The summed E-state index contributed by atoms with van der Waals surface area (Å²) >= 11 is 0. The van der Waals surface area contributed by atoms with Gasteiger partial charge in [0, 0.05) is 44.6 Å². The lowest BCUT2D eigenvalue weighted by Crippen LogP contribution is -2.46. The van der Waals surface area contributed by atoms with E-state index in [1.165, 1.54) is 5.56 Å². The molecule has 138 valence electrons. The summed E-state index contributed by atoms with van der Waals surface area (Å²) in [4.78, 5) is 2.42. The summed E-state index contributed by atoms with van der Waals surface area (Å²) in [5.74, 6) is -0.277. The molecular weight excluding hydrogens is 316 g/mol. The average molecular weight is 346 g/mol. The number of ether oxygens (including phenoxy) is 2. The predicted octanol–water partition coefficient (Wildman–Crippen LogP) is 1.90. The molecule has 4 rings (SSSR count). The lowest BCUT2D eigenvalue weighted by molar-refractivity contribution is -0.179. The smallest absolute Gasteiger partial charge is 0.168 e. The zero-order valence-corrected chi connectivity index (χ0v) is 14.9. The van der Waals surface area contributed by atoms with Crippen LogP contribution in [-0.4, -0.2) is 60.3 Å².